The number of ketones is 1. The SMILES string of the molecule is CC(=O)Nc1cc2c(cc1S(=O)(=O)[O-])C=C(S(=O)(=O)[O-])/C(=N\Nc1ccc(S(N)(=O)=O)cc1)C2=O.[Na+].[Na+]. The normalized spacial score (nSPS) is 14.5. The fourth-order valence-corrected chi connectivity index (χ4v) is 4.80. The van der Waals surface area contributed by atoms with Crippen LogP contribution in [0.15, 0.2) is 56.2 Å². The van der Waals surface area contributed by atoms with Crippen molar-refractivity contribution in [2.75, 3.05) is 10.7 Å². The summed E-state index contributed by atoms with van der Waals surface area (Å²) in [7, 11) is -14.5. The number of fused-ring (bicyclic) bond motifs is 1. The number of nitrogens with one attached hydrogen (secondary N) is 2. The Balaban J connectivity index is 0.00000342. The predicted molar refractivity (Wildman–Crippen MR) is 120 cm³/mol. The van der Waals surface area contributed by atoms with Crippen molar-refractivity contribution in [1.82, 2.24) is 0 Å². The molecule has 0 heterocycles. The van der Waals surface area contributed by atoms with Gasteiger partial charge in [-0.3, -0.25) is 15.0 Å². The number of amides is 1. The summed E-state index contributed by atoms with van der Waals surface area (Å²) in [5.41, 5.74) is 0.230. The van der Waals surface area contributed by atoms with Gasteiger partial charge in [-0.05, 0) is 48.0 Å². The Labute approximate surface area is 255 Å². The molecule has 0 saturated carbocycles. The molecule has 3 rings (SSSR count). The molecule has 37 heavy (non-hydrogen) atoms. The predicted octanol–water partition coefficient (Wildman–Crippen LogP) is -6.24. The van der Waals surface area contributed by atoms with Crippen LogP contribution >= 0.6 is 0 Å². The summed E-state index contributed by atoms with van der Waals surface area (Å²) < 4.78 is 93.0. The smallest absolute Gasteiger partial charge is 0.744 e. The van der Waals surface area contributed by atoms with Crippen LogP contribution in [-0.4, -0.2) is 51.8 Å². The quantitative estimate of drug-likeness (QED) is 0.163. The Morgan fingerprint density at radius 1 is 0.946 bits per heavy atom. The van der Waals surface area contributed by atoms with Gasteiger partial charge in [0.2, 0.25) is 21.7 Å². The molecule has 0 aromatic heterocycles. The van der Waals surface area contributed by atoms with Crippen molar-refractivity contribution in [1.29, 1.82) is 0 Å². The number of carbonyl (C=O) groups is 2. The average molecular weight is 589 g/mol. The van der Waals surface area contributed by atoms with Crippen LogP contribution in [-0.2, 0) is 35.1 Å². The summed E-state index contributed by atoms with van der Waals surface area (Å²) in [6.45, 7) is 1.02. The maximum atomic E-state index is 13.0. The molecule has 1 aliphatic carbocycles. The summed E-state index contributed by atoms with van der Waals surface area (Å²) in [6, 6.07) is 6.08. The Morgan fingerprint density at radius 2 is 1.51 bits per heavy atom. The van der Waals surface area contributed by atoms with Crippen molar-refractivity contribution in [2.24, 2.45) is 10.2 Å². The number of sulfonamides is 1. The summed E-state index contributed by atoms with van der Waals surface area (Å²) in [6.07, 6.45) is 0.663. The van der Waals surface area contributed by atoms with Crippen LogP contribution in [0, 0.1) is 0 Å². The largest absolute Gasteiger partial charge is 1.00 e. The first-order valence-corrected chi connectivity index (χ1v) is 13.5. The van der Waals surface area contributed by atoms with Gasteiger partial charge < -0.3 is 14.4 Å². The van der Waals surface area contributed by atoms with Gasteiger partial charge in [0.15, 0.2) is 0 Å². The Hall–Kier alpha value is -1.48. The van der Waals surface area contributed by atoms with Gasteiger partial charge in [-0.15, -0.1) is 0 Å². The molecule has 14 nitrogen and oxygen atoms in total. The maximum Gasteiger partial charge on any atom is 1.00 e. The van der Waals surface area contributed by atoms with Crippen molar-refractivity contribution < 1.29 is 103 Å². The third-order valence-corrected chi connectivity index (χ3v) is 7.12. The number of allylic oxidation sites excluding steroid dienone is 1. The maximum absolute atomic E-state index is 13.0. The number of hydrazone groups is 1. The number of nitrogens with zero attached hydrogens (tertiary/aromatic N) is 1. The summed E-state index contributed by atoms with van der Waals surface area (Å²) >= 11 is 0. The average Bonchev–Trinajstić information content (AvgIpc) is 2.70. The zero-order chi connectivity index (χ0) is 26.3. The van der Waals surface area contributed by atoms with Crippen molar-refractivity contribution in [3.63, 3.8) is 0 Å². The van der Waals surface area contributed by atoms with E-state index in [0.717, 1.165) is 25.1 Å². The van der Waals surface area contributed by atoms with Gasteiger partial charge in [0.1, 0.15) is 25.9 Å². The van der Waals surface area contributed by atoms with Gasteiger partial charge in [0, 0.05) is 12.5 Å². The summed E-state index contributed by atoms with van der Waals surface area (Å²) in [5.74, 6) is -1.91. The van der Waals surface area contributed by atoms with Crippen LogP contribution in [0.1, 0.15) is 22.8 Å². The zero-order valence-corrected chi connectivity index (χ0v) is 25.8. The van der Waals surface area contributed by atoms with E-state index in [-0.39, 0.29) is 80.8 Å². The van der Waals surface area contributed by atoms with E-state index in [0.29, 0.717) is 12.1 Å². The van der Waals surface area contributed by atoms with Crippen molar-refractivity contribution in [3.05, 3.63) is 52.4 Å². The molecular weight excluding hydrogens is 574 g/mol. The number of rotatable bonds is 6. The van der Waals surface area contributed by atoms with Crippen LogP contribution in [0.5, 0.6) is 0 Å². The summed E-state index contributed by atoms with van der Waals surface area (Å²) in [4.78, 5) is 22.1. The molecule has 0 bridgehead atoms. The first-order chi connectivity index (χ1) is 16.0. The molecule has 1 aliphatic rings. The van der Waals surface area contributed by atoms with E-state index in [9.17, 15) is 43.9 Å². The minimum absolute atomic E-state index is 0. The van der Waals surface area contributed by atoms with Gasteiger partial charge in [-0.1, -0.05) is 0 Å². The van der Waals surface area contributed by atoms with Crippen LogP contribution in [0.3, 0.4) is 0 Å². The monoisotopic (exact) mass is 588 g/mol. The van der Waals surface area contributed by atoms with E-state index >= 15 is 0 Å². The molecule has 0 unspecified atom stereocenters. The van der Waals surface area contributed by atoms with E-state index in [2.05, 4.69) is 15.8 Å². The van der Waals surface area contributed by atoms with Gasteiger partial charge >= 0.3 is 59.1 Å². The molecule has 0 spiro atoms. The van der Waals surface area contributed by atoms with E-state index in [1.807, 2.05) is 0 Å². The third-order valence-electron chi connectivity index (χ3n) is 4.46. The van der Waals surface area contributed by atoms with Gasteiger partial charge in [-0.25, -0.2) is 30.4 Å². The third kappa shape index (κ3) is 8.01. The minimum Gasteiger partial charge on any atom is -0.744 e. The number of primary sulfonamides is 1. The number of carbonyl (C=O) groups excluding carboxylic acids is 2. The van der Waals surface area contributed by atoms with E-state index in [1.54, 1.807) is 0 Å². The Kier molecular flexibility index (Phi) is 11.0. The molecular formula is C18H14N4Na2O10S3. The molecule has 0 atom stereocenters. The van der Waals surface area contributed by atoms with Gasteiger partial charge in [-0.2, -0.15) is 5.10 Å². The van der Waals surface area contributed by atoms with Crippen molar-refractivity contribution >= 4 is 65.1 Å². The minimum atomic E-state index is -5.33. The Bertz CT molecular complexity index is 1650. The number of nitrogens with two attached hydrogens (primary N) is 1. The van der Waals surface area contributed by atoms with E-state index < -0.39 is 63.1 Å². The van der Waals surface area contributed by atoms with Crippen LogP contribution in [0.2, 0.25) is 0 Å². The van der Waals surface area contributed by atoms with Crippen LogP contribution < -0.4 is 75.0 Å². The first-order valence-electron chi connectivity index (χ1n) is 9.09. The van der Waals surface area contributed by atoms with Gasteiger partial charge in [0.05, 0.1) is 26.1 Å². The molecule has 2 aromatic rings. The molecule has 4 N–H and O–H groups in total. The number of hydrogen-bond donors (Lipinski definition) is 3. The zero-order valence-electron chi connectivity index (χ0n) is 19.4. The second-order valence-electron chi connectivity index (χ2n) is 7.00. The standard InChI is InChI=1S/C18H16N4O10S3.2Na/c1-9(23)20-14-8-13-10(6-15(14)34(27,28)29)7-16(35(30,31)32)17(18(13)24)22-21-11-2-4-12(5-3-11)33(19,25)26;;/h2-8,21H,1H3,(H,20,23)(H2,19,25,26)(H,27,28,29)(H,30,31,32);;/q;2*+1/p-2/b22-17+;;. The van der Waals surface area contributed by atoms with Crippen LogP contribution in [0.4, 0.5) is 11.4 Å². The number of anilines is 2. The van der Waals surface area contributed by atoms with Crippen molar-refractivity contribution in [2.45, 2.75) is 16.7 Å². The molecule has 1 amide bonds. The van der Waals surface area contributed by atoms with E-state index in [1.165, 1.54) is 12.1 Å². The second-order valence-corrected chi connectivity index (χ2v) is 11.3. The number of hydrogen-bond acceptors (Lipinski definition) is 12. The van der Waals surface area contributed by atoms with Crippen LogP contribution in [0.25, 0.3) is 6.08 Å². The Morgan fingerprint density at radius 3 is 1.97 bits per heavy atom. The molecule has 2 aromatic carbocycles. The first kappa shape index (κ1) is 33.5. The van der Waals surface area contributed by atoms with Crippen molar-refractivity contribution in [3.8, 4) is 0 Å². The van der Waals surface area contributed by atoms with E-state index in [4.69, 9.17) is 5.14 Å². The number of Topliss-reactive ketones (excluding diaryl/α,β-unsaturated/α-hetero) is 1. The second kappa shape index (κ2) is 12.1. The fourth-order valence-electron chi connectivity index (χ4n) is 2.99. The fraction of sp³-hybridized carbons (Fsp3) is 0.0556. The molecule has 19 heteroatoms. The molecule has 0 saturated heterocycles. The molecule has 186 valence electrons. The molecule has 0 aliphatic heterocycles. The molecule has 0 fully saturated rings. The molecule has 0 radical (unpaired) electrons. The number of benzene rings is 2. The topological polar surface area (TPSA) is 245 Å². The van der Waals surface area contributed by atoms with Gasteiger partial charge in [0.25, 0.3) is 0 Å². The summed E-state index contributed by atoms with van der Waals surface area (Å²) in [5, 5.41) is 10.7.